The Balaban J connectivity index is 1.80. The molecule has 0 bridgehead atoms. The molecule has 69 valence electrons. The molecule has 12 heavy (non-hydrogen) atoms. The molecule has 0 unspecified atom stereocenters. The normalized spacial score (nSPS) is 29.0. The highest BCUT2D eigenvalue weighted by molar-refractivity contribution is 4.80. The maximum Gasteiger partial charge on any atom is 0.0148 e. The largest absolute Gasteiger partial charge is 0.314 e. The Hall–Kier alpha value is -0.120. The Morgan fingerprint density at radius 3 is 2.42 bits per heavy atom. The van der Waals surface area contributed by atoms with Crippen LogP contribution in [0.4, 0.5) is 0 Å². The number of nitrogens with zero attached hydrogens (tertiary/aromatic N) is 2. The van der Waals surface area contributed by atoms with Gasteiger partial charge in [-0.15, -0.1) is 0 Å². The van der Waals surface area contributed by atoms with Crippen LogP contribution in [0.2, 0.25) is 0 Å². The van der Waals surface area contributed by atoms with E-state index in [1.54, 1.807) is 0 Å². The van der Waals surface area contributed by atoms with Crippen LogP contribution in [0.25, 0.3) is 0 Å². The smallest absolute Gasteiger partial charge is 0.0148 e. The van der Waals surface area contributed by atoms with Crippen molar-refractivity contribution in [1.82, 2.24) is 15.5 Å². The van der Waals surface area contributed by atoms with Gasteiger partial charge < -0.3 is 5.32 Å². The maximum absolute atomic E-state index is 4.38. The molecule has 1 N–H and O–H groups in total. The Kier molecular flexibility index (Phi) is 2.98. The first kappa shape index (κ1) is 8.48. The van der Waals surface area contributed by atoms with Gasteiger partial charge in [-0.2, -0.15) is 0 Å². The minimum atomic E-state index is 0.838. The molecule has 2 heterocycles. The summed E-state index contributed by atoms with van der Waals surface area (Å²) in [7, 11) is 0. The first-order chi connectivity index (χ1) is 5.97. The first-order valence-electron chi connectivity index (χ1n) is 5.05. The van der Waals surface area contributed by atoms with E-state index in [1.807, 2.05) is 0 Å². The van der Waals surface area contributed by atoms with Crippen LogP contribution in [-0.4, -0.2) is 50.2 Å². The highest BCUT2D eigenvalue weighted by Crippen LogP contribution is 2.12. The lowest BCUT2D eigenvalue weighted by molar-refractivity contribution is 0.143. The molecular weight excluding hydrogens is 150 g/mol. The summed E-state index contributed by atoms with van der Waals surface area (Å²) in [5.74, 6) is 0. The molecule has 0 aromatic heterocycles. The quantitative estimate of drug-likeness (QED) is 0.580. The van der Waals surface area contributed by atoms with Gasteiger partial charge in [0, 0.05) is 45.3 Å². The molecule has 0 aromatic carbocycles. The van der Waals surface area contributed by atoms with Crippen molar-refractivity contribution >= 4 is 0 Å². The predicted octanol–water partition coefficient (Wildman–Crippen LogP) is -0.342. The van der Waals surface area contributed by atoms with Gasteiger partial charge in [-0.25, -0.2) is 5.32 Å². The van der Waals surface area contributed by atoms with Gasteiger partial charge in [-0.05, 0) is 12.8 Å². The fourth-order valence-electron chi connectivity index (χ4n) is 2.15. The Morgan fingerprint density at radius 1 is 1.08 bits per heavy atom. The lowest BCUT2D eigenvalue weighted by Gasteiger charge is -2.36. The Morgan fingerprint density at radius 2 is 1.75 bits per heavy atom. The summed E-state index contributed by atoms with van der Waals surface area (Å²) >= 11 is 0. The topological polar surface area (TPSA) is 29.4 Å². The van der Waals surface area contributed by atoms with E-state index in [2.05, 4.69) is 15.5 Å². The van der Waals surface area contributed by atoms with Gasteiger partial charge in [0.25, 0.3) is 0 Å². The molecule has 0 aromatic rings. The molecule has 2 rings (SSSR count). The molecule has 1 radical (unpaired) electrons. The average Bonchev–Trinajstić information content (AvgIpc) is 2.21. The zero-order valence-electron chi connectivity index (χ0n) is 7.63. The van der Waals surface area contributed by atoms with E-state index >= 15 is 0 Å². The predicted molar refractivity (Wildman–Crippen MR) is 49.3 cm³/mol. The second kappa shape index (κ2) is 4.21. The first-order valence-corrected chi connectivity index (χ1v) is 5.05. The van der Waals surface area contributed by atoms with E-state index < -0.39 is 0 Å². The van der Waals surface area contributed by atoms with Crippen molar-refractivity contribution in [3.05, 3.63) is 0 Å². The lowest BCUT2D eigenvalue weighted by atomic mass is 10.0. The van der Waals surface area contributed by atoms with Crippen LogP contribution < -0.4 is 10.6 Å². The third-order valence-electron chi connectivity index (χ3n) is 2.91. The van der Waals surface area contributed by atoms with Crippen LogP contribution in [0.1, 0.15) is 12.8 Å². The monoisotopic (exact) mass is 168 g/mol. The van der Waals surface area contributed by atoms with Gasteiger partial charge in [0.05, 0.1) is 0 Å². The van der Waals surface area contributed by atoms with Crippen LogP contribution in [0.3, 0.4) is 0 Å². The number of nitrogens with one attached hydrogen (secondary N) is 1. The highest BCUT2D eigenvalue weighted by Gasteiger charge is 2.21. The molecule has 2 saturated heterocycles. The number of rotatable bonds is 1. The van der Waals surface area contributed by atoms with Crippen molar-refractivity contribution in [3.8, 4) is 0 Å². The Bertz CT molecular complexity index is 110. The highest BCUT2D eigenvalue weighted by atomic mass is 15.2. The summed E-state index contributed by atoms with van der Waals surface area (Å²) in [6.45, 7) is 7.01. The summed E-state index contributed by atoms with van der Waals surface area (Å²) in [5.41, 5.74) is 0. The molecule has 3 heteroatoms. The minimum Gasteiger partial charge on any atom is -0.314 e. The minimum absolute atomic E-state index is 0.838. The zero-order chi connectivity index (χ0) is 8.23. The van der Waals surface area contributed by atoms with Crippen molar-refractivity contribution in [1.29, 1.82) is 0 Å². The van der Waals surface area contributed by atoms with Gasteiger partial charge in [0.1, 0.15) is 0 Å². The van der Waals surface area contributed by atoms with Crippen molar-refractivity contribution < 1.29 is 0 Å². The summed E-state index contributed by atoms with van der Waals surface area (Å²) < 4.78 is 0. The third kappa shape index (κ3) is 1.97. The number of hydrogen-bond donors (Lipinski definition) is 1. The van der Waals surface area contributed by atoms with Gasteiger partial charge >= 0.3 is 0 Å². The van der Waals surface area contributed by atoms with E-state index in [-0.39, 0.29) is 0 Å². The lowest BCUT2D eigenvalue weighted by Crippen LogP contribution is -2.50. The third-order valence-corrected chi connectivity index (χ3v) is 2.91. The van der Waals surface area contributed by atoms with Crippen molar-refractivity contribution in [2.24, 2.45) is 0 Å². The molecule has 3 nitrogen and oxygen atoms in total. The summed E-state index contributed by atoms with van der Waals surface area (Å²) in [6, 6.07) is 0.838. The number of piperidine rings is 1. The molecule has 0 aliphatic carbocycles. The average molecular weight is 168 g/mol. The van der Waals surface area contributed by atoms with E-state index in [0.29, 0.717) is 0 Å². The van der Waals surface area contributed by atoms with Crippen LogP contribution in [0.15, 0.2) is 0 Å². The fraction of sp³-hybridized carbons (Fsp3) is 1.00. The summed E-state index contributed by atoms with van der Waals surface area (Å²) in [5, 5.41) is 7.77. The van der Waals surface area contributed by atoms with Crippen LogP contribution in [-0.2, 0) is 0 Å². The van der Waals surface area contributed by atoms with Crippen LogP contribution in [0, 0.1) is 0 Å². The molecule has 0 spiro atoms. The van der Waals surface area contributed by atoms with Crippen molar-refractivity contribution in [2.45, 2.75) is 18.9 Å². The molecule has 2 aliphatic rings. The van der Waals surface area contributed by atoms with Gasteiger partial charge in [0.2, 0.25) is 0 Å². The van der Waals surface area contributed by atoms with Gasteiger partial charge in [0.15, 0.2) is 0 Å². The standard InChI is InChI=1S/C9H18N3/c1-3-10-4-2-9(1)12-7-5-11-6-8-12/h9,11H,1-8H2. The van der Waals surface area contributed by atoms with E-state index in [0.717, 1.165) is 19.1 Å². The molecule has 2 aliphatic heterocycles. The molecular formula is C9H18N3. The molecule has 0 atom stereocenters. The van der Waals surface area contributed by atoms with Gasteiger partial charge in [-0.1, -0.05) is 0 Å². The number of piperazine rings is 1. The van der Waals surface area contributed by atoms with E-state index in [4.69, 9.17) is 0 Å². The SMILES string of the molecule is C1CC(N2CCNCC2)CC[N]1. The van der Waals surface area contributed by atoms with Gasteiger partial charge in [-0.3, -0.25) is 4.90 Å². The molecule has 2 fully saturated rings. The second-order valence-corrected chi connectivity index (χ2v) is 3.69. The van der Waals surface area contributed by atoms with Crippen molar-refractivity contribution in [3.63, 3.8) is 0 Å². The van der Waals surface area contributed by atoms with Crippen LogP contribution in [0.5, 0.6) is 0 Å². The second-order valence-electron chi connectivity index (χ2n) is 3.69. The van der Waals surface area contributed by atoms with E-state index in [1.165, 1.54) is 39.0 Å². The molecule has 0 saturated carbocycles. The maximum atomic E-state index is 4.38. The van der Waals surface area contributed by atoms with Crippen LogP contribution >= 0.6 is 0 Å². The summed E-state index contributed by atoms with van der Waals surface area (Å²) in [4.78, 5) is 2.63. The fourth-order valence-corrected chi connectivity index (χ4v) is 2.15. The number of hydrogen-bond acceptors (Lipinski definition) is 2. The van der Waals surface area contributed by atoms with Crippen molar-refractivity contribution in [2.75, 3.05) is 39.3 Å². The summed E-state index contributed by atoms with van der Waals surface area (Å²) in [6.07, 6.45) is 2.58. The Labute approximate surface area is 74.5 Å². The molecule has 0 amide bonds. The van der Waals surface area contributed by atoms with E-state index in [9.17, 15) is 0 Å². The zero-order valence-corrected chi connectivity index (χ0v) is 7.63.